The number of pyridine rings is 1. The monoisotopic (exact) mass is 243 g/mol. The first kappa shape index (κ1) is 12.5. The summed E-state index contributed by atoms with van der Waals surface area (Å²) in [5, 5.41) is 4.51. The molecule has 0 aliphatic rings. The fourth-order valence-corrected chi connectivity index (χ4v) is 1.81. The molecule has 94 valence electrons. The molecule has 0 bridgehead atoms. The summed E-state index contributed by atoms with van der Waals surface area (Å²) in [6, 6.07) is 2.28. The van der Waals surface area contributed by atoms with Gasteiger partial charge in [0.2, 0.25) is 0 Å². The SMILES string of the molecule is CCC(C)n1cc(C=O)c(-c2cncc(C)c2)n1. The van der Waals surface area contributed by atoms with Gasteiger partial charge in [0.25, 0.3) is 0 Å². The van der Waals surface area contributed by atoms with Crippen LogP contribution in [0.1, 0.15) is 42.2 Å². The number of rotatable bonds is 4. The Kier molecular flexibility index (Phi) is 3.55. The normalized spacial score (nSPS) is 12.4. The lowest BCUT2D eigenvalue weighted by Crippen LogP contribution is -2.04. The lowest BCUT2D eigenvalue weighted by atomic mass is 10.1. The van der Waals surface area contributed by atoms with Crippen molar-refractivity contribution in [3.8, 4) is 11.3 Å². The van der Waals surface area contributed by atoms with Crippen LogP contribution in [0.15, 0.2) is 24.7 Å². The predicted octanol–water partition coefficient (Wildman–Crippen LogP) is 3.04. The summed E-state index contributed by atoms with van der Waals surface area (Å²) in [5.41, 5.74) is 3.27. The molecule has 4 heteroatoms. The predicted molar refractivity (Wildman–Crippen MR) is 70.6 cm³/mol. The zero-order valence-corrected chi connectivity index (χ0v) is 10.9. The van der Waals surface area contributed by atoms with Crippen LogP contribution in [0, 0.1) is 6.92 Å². The first-order valence-corrected chi connectivity index (χ1v) is 6.12. The zero-order chi connectivity index (χ0) is 13.1. The topological polar surface area (TPSA) is 47.8 Å². The number of carbonyl (C=O) groups is 1. The van der Waals surface area contributed by atoms with Gasteiger partial charge >= 0.3 is 0 Å². The van der Waals surface area contributed by atoms with E-state index in [1.54, 1.807) is 18.6 Å². The number of nitrogens with zero attached hydrogens (tertiary/aromatic N) is 3. The molecule has 0 N–H and O–H groups in total. The van der Waals surface area contributed by atoms with E-state index in [1.165, 1.54) is 0 Å². The minimum atomic E-state index is 0.287. The maximum Gasteiger partial charge on any atom is 0.153 e. The van der Waals surface area contributed by atoms with Crippen molar-refractivity contribution in [2.24, 2.45) is 0 Å². The van der Waals surface area contributed by atoms with E-state index in [1.807, 2.05) is 17.7 Å². The summed E-state index contributed by atoms with van der Waals surface area (Å²) in [6.07, 6.45) is 7.16. The maximum atomic E-state index is 11.1. The van der Waals surface area contributed by atoms with Crippen LogP contribution in [0.4, 0.5) is 0 Å². The molecule has 0 fully saturated rings. The second kappa shape index (κ2) is 5.12. The Morgan fingerprint density at radius 2 is 2.22 bits per heavy atom. The second-order valence-corrected chi connectivity index (χ2v) is 4.54. The van der Waals surface area contributed by atoms with Crippen molar-refractivity contribution in [1.29, 1.82) is 0 Å². The number of hydrogen-bond acceptors (Lipinski definition) is 3. The van der Waals surface area contributed by atoms with Gasteiger partial charge in [-0.2, -0.15) is 5.10 Å². The van der Waals surface area contributed by atoms with Crippen LogP contribution in [0.2, 0.25) is 0 Å². The molecule has 0 saturated carbocycles. The Hall–Kier alpha value is -1.97. The van der Waals surface area contributed by atoms with Gasteiger partial charge in [0.05, 0.1) is 5.56 Å². The Labute approximate surface area is 107 Å². The molecule has 2 aromatic rings. The molecule has 2 rings (SSSR count). The molecule has 18 heavy (non-hydrogen) atoms. The Morgan fingerprint density at radius 3 is 2.83 bits per heavy atom. The van der Waals surface area contributed by atoms with Crippen LogP contribution in [0.5, 0.6) is 0 Å². The van der Waals surface area contributed by atoms with Crippen LogP contribution in [-0.2, 0) is 0 Å². The molecule has 0 spiro atoms. The van der Waals surface area contributed by atoms with Crippen LogP contribution in [0.3, 0.4) is 0 Å². The highest BCUT2D eigenvalue weighted by atomic mass is 16.1. The minimum absolute atomic E-state index is 0.287. The van der Waals surface area contributed by atoms with Crippen molar-refractivity contribution in [1.82, 2.24) is 14.8 Å². The van der Waals surface area contributed by atoms with E-state index in [9.17, 15) is 4.79 Å². The van der Waals surface area contributed by atoms with Crippen LogP contribution in [0.25, 0.3) is 11.3 Å². The highest BCUT2D eigenvalue weighted by Gasteiger charge is 2.13. The quantitative estimate of drug-likeness (QED) is 0.775. The molecule has 0 radical (unpaired) electrons. The van der Waals surface area contributed by atoms with E-state index in [-0.39, 0.29) is 6.04 Å². The van der Waals surface area contributed by atoms with Gasteiger partial charge in [0.15, 0.2) is 6.29 Å². The van der Waals surface area contributed by atoms with Gasteiger partial charge < -0.3 is 0 Å². The van der Waals surface area contributed by atoms with Crippen LogP contribution in [-0.4, -0.2) is 21.1 Å². The average Bonchev–Trinajstić information content (AvgIpc) is 2.82. The zero-order valence-electron chi connectivity index (χ0n) is 10.9. The summed E-state index contributed by atoms with van der Waals surface area (Å²) >= 11 is 0. The summed E-state index contributed by atoms with van der Waals surface area (Å²) in [6.45, 7) is 6.16. The number of aldehydes is 1. The van der Waals surface area contributed by atoms with Crippen molar-refractivity contribution in [3.05, 3.63) is 35.8 Å². The average molecular weight is 243 g/mol. The Morgan fingerprint density at radius 1 is 1.44 bits per heavy atom. The van der Waals surface area contributed by atoms with E-state index in [2.05, 4.69) is 23.9 Å². The van der Waals surface area contributed by atoms with E-state index in [4.69, 9.17) is 0 Å². The molecule has 0 aliphatic carbocycles. The van der Waals surface area contributed by atoms with Gasteiger partial charge in [0, 0.05) is 30.2 Å². The largest absolute Gasteiger partial charge is 0.298 e. The molecule has 1 unspecified atom stereocenters. The molecular weight excluding hydrogens is 226 g/mol. The lowest BCUT2D eigenvalue weighted by Gasteiger charge is -2.07. The van der Waals surface area contributed by atoms with Crippen molar-refractivity contribution in [2.75, 3.05) is 0 Å². The molecule has 1 atom stereocenters. The summed E-state index contributed by atoms with van der Waals surface area (Å²) in [5.74, 6) is 0. The lowest BCUT2D eigenvalue weighted by molar-refractivity contribution is 0.112. The van der Waals surface area contributed by atoms with Crippen LogP contribution >= 0.6 is 0 Å². The molecule has 0 aromatic carbocycles. The number of carbonyl (C=O) groups excluding carboxylic acids is 1. The summed E-state index contributed by atoms with van der Waals surface area (Å²) in [4.78, 5) is 15.3. The summed E-state index contributed by atoms with van der Waals surface area (Å²) < 4.78 is 1.85. The first-order chi connectivity index (χ1) is 8.65. The minimum Gasteiger partial charge on any atom is -0.298 e. The third-order valence-corrected chi connectivity index (χ3v) is 3.08. The van der Waals surface area contributed by atoms with Gasteiger partial charge in [-0.15, -0.1) is 0 Å². The van der Waals surface area contributed by atoms with Crippen molar-refractivity contribution < 1.29 is 4.79 Å². The highest BCUT2D eigenvalue weighted by molar-refractivity contribution is 5.85. The number of hydrogen-bond donors (Lipinski definition) is 0. The molecule has 0 amide bonds. The van der Waals surface area contributed by atoms with Gasteiger partial charge in [-0.25, -0.2) is 0 Å². The van der Waals surface area contributed by atoms with E-state index in [0.717, 1.165) is 23.8 Å². The maximum absolute atomic E-state index is 11.1. The molecule has 4 nitrogen and oxygen atoms in total. The fraction of sp³-hybridized carbons (Fsp3) is 0.357. The fourth-order valence-electron chi connectivity index (χ4n) is 1.81. The summed E-state index contributed by atoms with van der Waals surface area (Å²) in [7, 11) is 0. The van der Waals surface area contributed by atoms with E-state index < -0.39 is 0 Å². The Balaban J connectivity index is 2.50. The van der Waals surface area contributed by atoms with Crippen molar-refractivity contribution >= 4 is 6.29 Å². The van der Waals surface area contributed by atoms with Gasteiger partial charge in [-0.05, 0) is 31.9 Å². The van der Waals surface area contributed by atoms with Crippen molar-refractivity contribution in [3.63, 3.8) is 0 Å². The molecule has 0 aliphatic heterocycles. The molecule has 2 aromatic heterocycles. The molecular formula is C14H17N3O. The van der Waals surface area contributed by atoms with Crippen molar-refractivity contribution in [2.45, 2.75) is 33.2 Å². The van der Waals surface area contributed by atoms with Crippen LogP contribution < -0.4 is 0 Å². The number of aromatic nitrogens is 3. The third kappa shape index (κ3) is 2.32. The standard InChI is InChI=1S/C14H17N3O/c1-4-11(3)17-8-13(9-18)14(16-17)12-5-10(2)6-15-7-12/h5-9,11H,4H2,1-3H3. The smallest absolute Gasteiger partial charge is 0.153 e. The molecule has 2 heterocycles. The van der Waals surface area contributed by atoms with E-state index >= 15 is 0 Å². The first-order valence-electron chi connectivity index (χ1n) is 6.12. The van der Waals surface area contributed by atoms with E-state index in [0.29, 0.717) is 11.3 Å². The second-order valence-electron chi connectivity index (χ2n) is 4.54. The van der Waals surface area contributed by atoms with Gasteiger partial charge in [-0.3, -0.25) is 14.5 Å². The Bertz CT molecular complexity index is 560. The molecule has 0 saturated heterocycles. The van der Waals surface area contributed by atoms with Gasteiger partial charge in [0.1, 0.15) is 5.69 Å². The highest BCUT2D eigenvalue weighted by Crippen LogP contribution is 2.23. The number of aryl methyl sites for hydroxylation is 1. The van der Waals surface area contributed by atoms with Gasteiger partial charge in [-0.1, -0.05) is 6.92 Å². The third-order valence-electron chi connectivity index (χ3n) is 3.08.